The summed E-state index contributed by atoms with van der Waals surface area (Å²) >= 11 is 1.54. The van der Waals surface area contributed by atoms with Crippen LogP contribution >= 0.6 is 11.3 Å². The Kier molecular flexibility index (Phi) is 4.25. The molecule has 1 atom stereocenters. The fourth-order valence-corrected chi connectivity index (χ4v) is 2.47. The number of ether oxygens (including phenoxy) is 2. The van der Waals surface area contributed by atoms with Gasteiger partial charge in [0.15, 0.2) is 0 Å². The predicted octanol–water partition coefficient (Wildman–Crippen LogP) is 0.811. The zero-order chi connectivity index (χ0) is 13.8. The van der Waals surface area contributed by atoms with Gasteiger partial charge in [-0.05, 0) is 6.92 Å². The summed E-state index contributed by atoms with van der Waals surface area (Å²) in [6.07, 6.45) is 3.28. The van der Waals surface area contributed by atoms with E-state index in [2.05, 4.69) is 20.4 Å². The maximum atomic E-state index is 5.61. The molecule has 7 nitrogen and oxygen atoms in total. The number of thiazole rings is 1. The van der Waals surface area contributed by atoms with Crippen LogP contribution in [0.3, 0.4) is 0 Å². The fraction of sp³-hybridized carbons (Fsp3) is 0.364. The molecule has 0 bridgehead atoms. The largest absolute Gasteiger partial charge is 0.480 e. The van der Waals surface area contributed by atoms with Gasteiger partial charge >= 0.3 is 0 Å². The molecule has 3 N–H and O–H groups in total. The van der Waals surface area contributed by atoms with Crippen LogP contribution in [0.15, 0.2) is 12.4 Å². The summed E-state index contributed by atoms with van der Waals surface area (Å²) in [6.45, 7) is 1.93. The average molecular weight is 281 g/mol. The third kappa shape index (κ3) is 2.80. The van der Waals surface area contributed by atoms with Gasteiger partial charge in [0.25, 0.3) is 0 Å². The van der Waals surface area contributed by atoms with Crippen LogP contribution in [0.1, 0.15) is 21.6 Å². The first-order chi connectivity index (χ1) is 9.19. The summed E-state index contributed by atoms with van der Waals surface area (Å²) in [6, 6.07) is -0.320. The number of methoxy groups -OCH3 is 2. The number of nitrogens with two attached hydrogens (primary N) is 1. The highest BCUT2D eigenvalue weighted by molar-refractivity contribution is 7.11. The Hall–Kier alpha value is -1.77. The van der Waals surface area contributed by atoms with Gasteiger partial charge in [0.2, 0.25) is 11.8 Å². The number of aromatic nitrogens is 3. The molecule has 0 aliphatic rings. The van der Waals surface area contributed by atoms with Crippen LogP contribution in [0.4, 0.5) is 0 Å². The monoisotopic (exact) mass is 281 g/mol. The molecule has 0 spiro atoms. The van der Waals surface area contributed by atoms with E-state index in [1.165, 1.54) is 31.8 Å². The Labute approximate surface area is 114 Å². The molecule has 8 heteroatoms. The molecular formula is C11H15N5O2S. The van der Waals surface area contributed by atoms with Crippen molar-refractivity contribution >= 4 is 11.3 Å². The number of hydrazine groups is 1. The zero-order valence-electron chi connectivity index (χ0n) is 10.9. The van der Waals surface area contributed by atoms with Crippen molar-refractivity contribution in [3.8, 4) is 11.8 Å². The molecule has 0 saturated carbocycles. The van der Waals surface area contributed by atoms with Crippen molar-refractivity contribution in [2.45, 2.75) is 13.0 Å². The highest BCUT2D eigenvalue weighted by Crippen LogP contribution is 2.30. The molecule has 0 aliphatic heterocycles. The van der Waals surface area contributed by atoms with E-state index in [1.54, 1.807) is 6.20 Å². The molecule has 0 aromatic carbocycles. The SMILES string of the molecule is COc1cnc(C(NN)c2cnc(C)s2)c(OC)n1. The molecule has 0 radical (unpaired) electrons. The van der Waals surface area contributed by atoms with E-state index in [0.717, 1.165) is 9.88 Å². The number of hydrogen-bond donors (Lipinski definition) is 2. The van der Waals surface area contributed by atoms with Gasteiger partial charge < -0.3 is 9.47 Å². The molecule has 0 saturated heterocycles. The van der Waals surface area contributed by atoms with Crippen molar-refractivity contribution in [2.24, 2.45) is 5.84 Å². The molecule has 2 aromatic heterocycles. The number of hydrogen-bond acceptors (Lipinski definition) is 8. The molecule has 102 valence electrons. The first kappa shape index (κ1) is 13.7. The van der Waals surface area contributed by atoms with Gasteiger partial charge in [0.05, 0.1) is 25.4 Å². The maximum Gasteiger partial charge on any atom is 0.240 e. The number of aryl methyl sites for hydroxylation is 1. The smallest absolute Gasteiger partial charge is 0.240 e. The minimum atomic E-state index is -0.320. The van der Waals surface area contributed by atoms with Crippen LogP contribution in [-0.2, 0) is 0 Å². The number of nitrogens with one attached hydrogen (secondary N) is 1. The molecule has 19 heavy (non-hydrogen) atoms. The van der Waals surface area contributed by atoms with Gasteiger partial charge in [-0.15, -0.1) is 11.3 Å². The fourth-order valence-electron chi connectivity index (χ4n) is 1.62. The summed E-state index contributed by atoms with van der Waals surface area (Å²) in [4.78, 5) is 13.6. The van der Waals surface area contributed by atoms with Crippen LogP contribution in [-0.4, -0.2) is 29.2 Å². The average Bonchev–Trinajstić information content (AvgIpc) is 2.86. The standard InChI is InChI=1S/C11H15N5O2S/c1-6-13-4-7(19-6)9(16-12)10-11(18-3)15-8(17-2)5-14-10/h4-5,9,16H,12H2,1-3H3. The quantitative estimate of drug-likeness (QED) is 0.618. The second kappa shape index (κ2) is 5.91. The Morgan fingerprint density at radius 2 is 2.05 bits per heavy atom. The molecular weight excluding hydrogens is 266 g/mol. The molecule has 0 aliphatic carbocycles. The molecule has 2 aromatic rings. The highest BCUT2D eigenvalue weighted by atomic mass is 32.1. The van der Waals surface area contributed by atoms with Gasteiger partial charge in [0, 0.05) is 11.1 Å². The van der Waals surface area contributed by atoms with Crippen LogP contribution in [0.25, 0.3) is 0 Å². The molecule has 2 heterocycles. The lowest BCUT2D eigenvalue weighted by atomic mass is 10.2. The van der Waals surface area contributed by atoms with Gasteiger partial charge in [-0.1, -0.05) is 0 Å². The Morgan fingerprint density at radius 1 is 1.26 bits per heavy atom. The van der Waals surface area contributed by atoms with E-state index in [1.807, 2.05) is 6.92 Å². The molecule has 0 amide bonds. The van der Waals surface area contributed by atoms with Crippen LogP contribution in [0, 0.1) is 6.92 Å². The van der Waals surface area contributed by atoms with Crippen molar-refractivity contribution in [1.82, 2.24) is 20.4 Å². The minimum absolute atomic E-state index is 0.320. The van der Waals surface area contributed by atoms with Crippen molar-refractivity contribution in [2.75, 3.05) is 14.2 Å². The van der Waals surface area contributed by atoms with E-state index in [0.29, 0.717) is 17.5 Å². The summed E-state index contributed by atoms with van der Waals surface area (Å²) in [5.74, 6) is 6.37. The lowest BCUT2D eigenvalue weighted by Crippen LogP contribution is -2.29. The molecule has 2 rings (SSSR count). The van der Waals surface area contributed by atoms with Crippen molar-refractivity contribution in [3.63, 3.8) is 0 Å². The van der Waals surface area contributed by atoms with Crippen molar-refractivity contribution in [1.29, 1.82) is 0 Å². The second-order valence-corrected chi connectivity index (χ2v) is 4.95. The number of rotatable bonds is 5. The van der Waals surface area contributed by atoms with Crippen molar-refractivity contribution in [3.05, 3.63) is 28.0 Å². The van der Waals surface area contributed by atoms with Gasteiger partial charge in [-0.2, -0.15) is 4.98 Å². The van der Waals surface area contributed by atoms with E-state index in [-0.39, 0.29) is 6.04 Å². The summed E-state index contributed by atoms with van der Waals surface area (Å²) in [5.41, 5.74) is 3.30. The maximum absolute atomic E-state index is 5.61. The normalized spacial score (nSPS) is 12.2. The Balaban J connectivity index is 2.43. The van der Waals surface area contributed by atoms with Gasteiger partial charge in [-0.25, -0.2) is 15.4 Å². The molecule has 1 unspecified atom stereocenters. The Bertz CT molecular complexity index is 560. The van der Waals surface area contributed by atoms with E-state index >= 15 is 0 Å². The van der Waals surface area contributed by atoms with Crippen molar-refractivity contribution < 1.29 is 9.47 Å². The number of nitrogens with zero attached hydrogens (tertiary/aromatic N) is 3. The first-order valence-electron chi connectivity index (χ1n) is 5.53. The third-order valence-corrected chi connectivity index (χ3v) is 3.49. The minimum Gasteiger partial charge on any atom is -0.480 e. The summed E-state index contributed by atoms with van der Waals surface area (Å²) in [7, 11) is 3.05. The van der Waals surface area contributed by atoms with Gasteiger partial charge in [0.1, 0.15) is 11.7 Å². The molecule has 0 fully saturated rings. The predicted molar refractivity (Wildman–Crippen MR) is 71.2 cm³/mol. The topological polar surface area (TPSA) is 95.2 Å². The summed E-state index contributed by atoms with van der Waals surface area (Å²) < 4.78 is 10.3. The second-order valence-electron chi connectivity index (χ2n) is 3.69. The zero-order valence-corrected chi connectivity index (χ0v) is 11.7. The van der Waals surface area contributed by atoms with Gasteiger partial charge in [-0.3, -0.25) is 5.84 Å². The van der Waals surface area contributed by atoms with E-state index in [9.17, 15) is 0 Å². The highest BCUT2D eigenvalue weighted by Gasteiger charge is 2.22. The van der Waals surface area contributed by atoms with E-state index in [4.69, 9.17) is 15.3 Å². The Morgan fingerprint density at radius 3 is 2.58 bits per heavy atom. The first-order valence-corrected chi connectivity index (χ1v) is 6.34. The van der Waals surface area contributed by atoms with Crippen LogP contribution < -0.4 is 20.7 Å². The third-order valence-electron chi connectivity index (χ3n) is 2.51. The van der Waals surface area contributed by atoms with E-state index < -0.39 is 0 Å². The summed E-state index contributed by atoms with van der Waals surface area (Å²) in [5, 5.41) is 0.954. The lowest BCUT2D eigenvalue weighted by molar-refractivity contribution is 0.353. The lowest BCUT2D eigenvalue weighted by Gasteiger charge is -2.15. The van der Waals surface area contributed by atoms with Crippen LogP contribution in [0.5, 0.6) is 11.8 Å². The van der Waals surface area contributed by atoms with Crippen LogP contribution in [0.2, 0.25) is 0 Å².